The molecule has 29 heavy (non-hydrogen) atoms. The molecule has 0 saturated heterocycles. The summed E-state index contributed by atoms with van der Waals surface area (Å²) in [6, 6.07) is 11.7. The molecule has 0 aliphatic rings. The number of hydrogen-bond donors (Lipinski definition) is 2. The number of hydrogen-bond acceptors (Lipinski definition) is 6. The number of rotatable bonds is 9. The molecular weight excluding hydrogens is 393 g/mol. The van der Waals surface area contributed by atoms with Crippen molar-refractivity contribution in [3.63, 3.8) is 0 Å². The normalized spacial score (nSPS) is 10.4. The first-order valence-electron chi connectivity index (χ1n) is 9.02. The lowest BCUT2D eigenvalue weighted by Gasteiger charge is -2.10. The third kappa shape index (κ3) is 5.92. The molecule has 0 saturated carbocycles. The van der Waals surface area contributed by atoms with Crippen LogP contribution in [0.2, 0.25) is 0 Å². The maximum Gasteiger partial charge on any atom is 0.226 e. The first-order valence-corrected chi connectivity index (χ1v) is 9.90. The Balaban J connectivity index is 1.46. The van der Waals surface area contributed by atoms with Crippen molar-refractivity contribution in [3.8, 4) is 11.5 Å². The van der Waals surface area contributed by atoms with Gasteiger partial charge in [-0.15, -0.1) is 11.3 Å². The second-order valence-electron chi connectivity index (χ2n) is 6.24. The number of methoxy groups -OCH3 is 2. The van der Waals surface area contributed by atoms with E-state index in [4.69, 9.17) is 9.47 Å². The van der Waals surface area contributed by atoms with Gasteiger partial charge in [0.25, 0.3) is 0 Å². The molecule has 2 aromatic carbocycles. The van der Waals surface area contributed by atoms with Gasteiger partial charge in [-0.25, -0.2) is 9.37 Å². The van der Waals surface area contributed by atoms with Crippen molar-refractivity contribution in [1.29, 1.82) is 0 Å². The lowest BCUT2D eigenvalue weighted by atomic mass is 10.1. The molecule has 0 bridgehead atoms. The topological polar surface area (TPSA) is 72.5 Å². The Hall–Kier alpha value is -3.13. The number of nitrogens with zero attached hydrogens (tertiary/aromatic N) is 1. The van der Waals surface area contributed by atoms with Crippen LogP contribution in [0.5, 0.6) is 11.5 Å². The van der Waals surface area contributed by atoms with Crippen molar-refractivity contribution in [2.45, 2.75) is 12.8 Å². The van der Waals surface area contributed by atoms with Gasteiger partial charge in [0.15, 0.2) is 16.6 Å². The zero-order valence-corrected chi connectivity index (χ0v) is 17.0. The van der Waals surface area contributed by atoms with E-state index in [2.05, 4.69) is 15.6 Å². The molecule has 8 heteroatoms. The molecule has 2 N–H and O–H groups in total. The fourth-order valence-electron chi connectivity index (χ4n) is 2.71. The molecule has 0 aliphatic carbocycles. The van der Waals surface area contributed by atoms with Gasteiger partial charge in [0.1, 0.15) is 5.82 Å². The minimum atomic E-state index is -0.292. The second kappa shape index (κ2) is 9.88. The van der Waals surface area contributed by atoms with E-state index in [1.165, 1.54) is 23.5 Å². The van der Waals surface area contributed by atoms with Crippen LogP contribution in [0.4, 0.5) is 15.2 Å². The Bertz CT molecular complexity index is 960. The van der Waals surface area contributed by atoms with Gasteiger partial charge in [-0.3, -0.25) is 4.79 Å². The number of thiazole rings is 1. The maximum absolute atomic E-state index is 13.0. The molecule has 0 radical (unpaired) electrons. The number of amides is 1. The Labute approximate surface area is 172 Å². The predicted octanol–water partition coefficient (Wildman–Crippen LogP) is 3.94. The molecule has 152 valence electrons. The quantitative estimate of drug-likeness (QED) is 0.554. The second-order valence-corrected chi connectivity index (χ2v) is 7.10. The minimum Gasteiger partial charge on any atom is -0.493 e. The molecule has 0 unspecified atom stereocenters. The summed E-state index contributed by atoms with van der Waals surface area (Å²) < 4.78 is 23.5. The Morgan fingerprint density at radius 2 is 1.86 bits per heavy atom. The van der Waals surface area contributed by atoms with Crippen molar-refractivity contribution in [3.05, 3.63) is 64.9 Å². The smallest absolute Gasteiger partial charge is 0.226 e. The van der Waals surface area contributed by atoms with Gasteiger partial charge in [0.2, 0.25) is 5.91 Å². The Morgan fingerprint density at radius 3 is 2.59 bits per heavy atom. The molecule has 0 fully saturated rings. The van der Waals surface area contributed by atoms with Gasteiger partial charge < -0.3 is 20.1 Å². The van der Waals surface area contributed by atoms with Crippen LogP contribution < -0.4 is 20.1 Å². The van der Waals surface area contributed by atoms with Gasteiger partial charge in [-0.05, 0) is 48.4 Å². The van der Waals surface area contributed by atoms with E-state index in [-0.39, 0.29) is 18.1 Å². The van der Waals surface area contributed by atoms with E-state index in [0.717, 1.165) is 11.3 Å². The van der Waals surface area contributed by atoms with Crippen molar-refractivity contribution < 1.29 is 18.7 Å². The number of halogens is 1. The van der Waals surface area contributed by atoms with E-state index in [0.29, 0.717) is 35.3 Å². The van der Waals surface area contributed by atoms with E-state index >= 15 is 0 Å². The fourth-order valence-corrected chi connectivity index (χ4v) is 3.44. The lowest BCUT2D eigenvalue weighted by molar-refractivity contribution is -0.120. The Kier molecular flexibility index (Phi) is 7.02. The number of benzene rings is 2. The number of carbonyl (C=O) groups is 1. The molecule has 3 rings (SSSR count). The fraction of sp³-hybridized carbons (Fsp3) is 0.238. The van der Waals surface area contributed by atoms with E-state index in [1.54, 1.807) is 26.4 Å². The SMILES string of the molecule is COc1ccc(CCNC(=O)Cc2csc(Nc3ccc(F)cc3)n2)cc1OC. The average Bonchev–Trinajstić information content (AvgIpc) is 3.16. The largest absolute Gasteiger partial charge is 0.493 e. The summed E-state index contributed by atoms with van der Waals surface area (Å²) in [5, 5.41) is 8.49. The third-order valence-corrected chi connectivity index (χ3v) is 4.98. The zero-order chi connectivity index (χ0) is 20.6. The van der Waals surface area contributed by atoms with Gasteiger partial charge in [0.05, 0.1) is 26.3 Å². The standard InChI is InChI=1S/C21H22FN3O3S/c1-27-18-8-3-14(11-19(18)28-2)9-10-23-20(26)12-17-13-29-21(25-17)24-16-6-4-15(22)5-7-16/h3-8,11,13H,9-10,12H2,1-2H3,(H,23,26)(H,24,25). The Morgan fingerprint density at radius 1 is 1.10 bits per heavy atom. The highest BCUT2D eigenvalue weighted by atomic mass is 32.1. The summed E-state index contributed by atoms with van der Waals surface area (Å²) in [6.07, 6.45) is 0.883. The average molecular weight is 415 g/mol. The lowest BCUT2D eigenvalue weighted by Crippen LogP contribution is -2.27. The van der Waals surface area contributed by atoms with E-state index < -0.39 is 0 Å². The number of aromatic nitrogens is 1. The molecule has 1 aromatic heterocycles. The molecule has 0 spiro atoms. The molecule has 3 aromatic rings. The van der Waals surface area contributed by atoms with E-state index in [1.807, 2.05) is 23.6 Å². The first-order chi connectivity index (χ1) is 14.1. The van der Waals surface area contributed by atoms with Gasteiger partial charge in [-0.1, -0.05) is 6.07 Å². The molecule has 1 amide bonds. The number of ether oxygens (including phenoxy) is 2. The van der Waals surface area contributed by atoms with Crippen LogP contribution in [-0.4, -0.2) is 31.7 Å². The predicted molar refractivity (Wildman–Crippen MR) is 112 cm³/mol. The maximum atomic E-state index is 13.0. The van der Waals surface area contributed by atoms with Crippen LogP contribution in [0.3, 0.4) is 0 Å². The van der Waals surface area contributed by atoms with Crippen LogP contribution >= 0.6 is 11.3 Å². The van der Waals surface area contributed by atoms with Crippen LogP contribution in [0, 0.1) is 5.82 Å². The number of carbonyl (C=O) groups excluding carboxylic acids is 1. The summed E-state index contributed by atoms with van der Waals surface area (Å²) in [5.74, 6) is 0.957. The van der Waals surface area contributed by atoms with Gasteiger partial charge in [-0.2, -0.15) is 0 Å². The summed E-state index contributed by atoms with van der Waals surface area (Å²) in [4.78, 5) is 16.6. The van der Waals surface area contributed by atoms with Crippen LogP contribution in [0.15, 0.2) is 47.8 Å². The van der Waals surface area contributed by atoms with Crippen molar-refractivity contribution in [1.82, 2.24) is 10.3 Å². The van der Waals surface area contributed by atoms with Gasteiger partial charge >= 0.3 is 0 Å². The van der Waals surface area contributed by atoms with Crippen LogP contribution in [0.1, 0.15) is 11.3 Å². The highest BCUT2D eigenvalue weighted by Crippen LogP contribution is 2.27. The minimum absolute atomic E-state index is 0.0934. The summed E-state index contributed by atoms with van der Waals surface area (Å²) in [7, 11) is 3.19. The highest BCUT2D eigenvalue weighted by molar-refractivity contribution is 7.13. The molecule has 0 aliphatic heterocycles. The molecule has 6 nitrogen and oxygen atoms in total. The first kappa shape index (κ1) is 20.6. The summed E-state index contributed by atoms with van der Waals surface area (Å²) in [5.41, 5.74) is 2.47. The van der Waals surface area contributed by atoms with Crippen LogP contribution in [0.25, 0.3) is 0 Å². The third-order valence-electron chi connectivity index (χ3n) is 4.17. The monoisotopic (exact) mass is 415 g/mol. The highest BCUT2D eigenvalue weighted by Gasteiger charge is 2.09. The van der Waals surface area contributed by atoms with Crippen molar-refractivity contribution >= 4 is 28.1 Å². The summed E-state index contributed by atoms with van der Waals surface area (Å²) >= 11 is 1.40. The van der Waals surface area contributed by atoms with Crippen molar-refractivity contribution in [2.24, 2.45) is 0 Å². The van der Waals surface area contributed by atoms with E-state index in [9.17, 15) is 9.18 Å². The van der Waals surface area contributed by atoms with Crippen LogP contribution in [-0.2, 0) is 17.6 Å². The molecule has 1 heterocycles. The number of anilines is 2. The molecular formula is C21H22FN3O3S. The number of nitrogens with one attached hydrogen (secondary N) is 2. The zero-order valence-electron chi connectivity index (χ0n) is 16.2. The van der Waals surface area contributed by atoms with Gasteiger partial charge in [0, 0.05) is 17.6 Å². The summed E-state index contributed by atoms with van der Waals surface area (Å²) in [6.45, 7) is 0.513. The molecule has 0 atom stereocenters. The van der Waals surface area contributed by atoms with Crippen molar-refractivity contribution in [2.75, 3.05) is 26.1 Å².